The molecule has 4 rings (SSSR count). The van der Waals surface area contributed by atoms with Gasteiger partial charge in [0.15, 0.2) is 10.9 Å². The van der Waals surface area contributed by atoms with Crippen LogP contribution in [0.5, 0.6) is 5.75 Å². The molecule has 30 heavy (non-hydrogen) atoms. The number of nitrogens with one attached hydrogen (secondary N) is 1. The van der Waals surface area contributed by atoms with E-state index in [0.717, 1.165) is 37.3 Å². The monoisotopic (exact) mass is 430 g/mol. The van der Waals surface area contributed by atoms with Gasteiger partial charge in [-0.25, -0.2) is 13.8 Å². The van der Waals surface area contributed by atoms with Crippen molar-refractivity contribution in [3.8, 4) is 5.75 Å². The van der Waals surface area contributed by atoms with Crippen molar-refractivity contribution in [1.29, 1.82) is 0 Å². The molecule has 1 N–H and O–H groups in total. The molecular formula is C23H24F2N2O2S. The van der Waals surface area contributed by atoms with Gasteiger partial charge in [-0.15, -0.1) is 0 Å². The van der Waals surface area contributed by atoms with Gasteiger partial charge in [0.2, 0.25) is 0 Å². The average Bonchev–Trinajstić information content (AvgIpc) is 3.33. The normalized spacial score (nSPS) is 18.7. The summed E-state index contributed by atoms with van der Waals surface area (Å²) < 4.78 is 33.0. The summed E-state index contributed by atoms with van der Waals surface area (Å²) >= 11 is 1.21. The van der Waals surface area contributed by atoms with E-state index in [0.29, 0.717) is 39.0 Å². The molecule has 0 amide bonds. The first-order valence-corrected chi connectivity index (χ1v) is 10.9. The van der Waals surface area contributed by atoms with Gasteiger partial charge in [0, 0.05) is 24.6 Å². The molecule has 0 saturated heterocycles. The highest BCUT2D eigenvalue weighted by Crippen LogP contribution is 2.35. The first-order valence-electron chi connectivity index (χ1n) is 10.1. The number of aryl methyl sites for hydroxylation is 1. The summed E-state index contributed by atoms with van der Waals surface area (Å²) in [5.74, 6) is -0.0184. The second-order valence-electron chi connectivity index (χ2n) is 7.94. The minimum absolute atomic E-state index is 0.107. The van der Waals surface area contributed by atoms with E-state index in [9.17, 15) is 13.6 Å². The predicted octanol–water partition coefficient (Wildman–Crippen LogP) is 6.14. The fourth-order valence-electron chi connectivity index (χ4n) is 4.17. The Morgan fingerprint density at radius 1 is 1.27 bits per heavy atom. The maximum atomic E-state index is 13.9. The number of ketones is 1. The van der Waals surface area contributed by atoms with Crippen LogP contribution >= 0.6 is 11.3 Å². The van der Waals surface area contributed by atoms with Gasteiger partial charge in [0.1, 0.15) is 17.4 Å². The first-order chi connectivity index (χ1) is 14.4. The number of Topliss-reactive ketones (excluding diaryl/α,β-unsaturated/α-hetero) is 1. The Balaban J connectivity index is 1.33. The molecule has 1 unspecified atom stereocenters. The van der Waals surface area contributed by atoms with Crippen LogP contribution in [0, 0.1) is 24.5 Å². The summed E-state index contributed by atoms with van der Waals surface area (Å²) in [5.41, 5.74) is 2.03. The minimum Gasteiger partial charge on any atom is -0.496 e. The number of ether oxygens (including phenoxy) is 1. The fraction of sp³-hybridized carbons (Fsp3) is 0.391. The first kappa shape index (κ1) is 20.7. The van der Waals surface area contributed by atoms with Crippen LogP contribution in [0.25, 0.3) is 10.2 Å². The molecule has 2 aromatic carbocycles. The third-order valence-corrected chi connectivity index (χ3v) is 6.72. The van der Waals surface area contributed by atoms with Crippen molar-refractivity contribution in [1.82, 2.24) is 4.98 Å². The quantitative estimate of drug-likeness (QED) is 0.458. The van der Waals surface area contributed by atoms with Gasteiger partial charge >= 0.3 is 0 Å². The number of rotatable bonds is 7. The molecule has 0 bridgehead atoms. The Kier molecular flexibility index (Phi) is 5.99. The fourth-order valence-corrected chi connectivity index (χ4v) is 5.10. The van der Waals surface area contributed by atoms with Crippen LogP contribution in [0.1, 0.15) is 48.0 Å². The van der Waals surface area contributed by atoms with E-state index >= 15 is 0 Å². The van der Waals surface area contributed by atoms with Crippen LogP contribution in [0.4, 0.5) is 13.9 Å². The third-order valence-electron chi connectivity index (χ3n) is 5.71. The second-order valence-corrected chi connectivity index (χ2v) is 8.94. The summed E-state index contributed by atoms with van der Waals surface area (Å²) in [6, 6.07) is 8.02. The number of methoxy groups -OCH3 is 1. The topological polar surface area (TPSA) is 51.2 Å². The van der Waals surface area contributed by atoms with Crippen molar-refractivity contribution in [2.45, 2.75) is 45.1 Å². The Morgan fingerprint density at radius 3 is 2.90 bits per heavy atom. The number of hydrogen-bond donors (Lipinski definition) is 1. The number of aromatic nitrogens is 1. The lowest BCUT2D eigenvalue weighted by Gasteiger charge is -2.13. The van der Waals surface area contributed by atoms with Crippen molar-refractivity contribution >= 4 is 32.5 Å². The van der Waals surface area contributed by atoms with E-state index in [4.69, 9.17) is 4.74 Å². The molecule has 1 aromatic heterocycles. The highest BCUT2D eigenvalue weighted by molar-refractivity contribution is 7.22. The van der Waals surface area contributed by atoms with Crippen molar-refractivity contribution in [3.63, 3.8) is 0 Å². The zero-order valence-corrected chi connectivity index (χ0v) is 17.8. The summed E-state index contributed by atoms with van der Waals surface area (Å²) in [5, 5.41) is 3.98. The minimum atomic E-state index is -0.618. The molecule has 2 atom stereocenters. The van der Waals surface area contributed by atoms with Crippen molar-refractivity contribution in [2.75, 3.05) is 12.4 Å². The molecule has 1 fully saturated rings. The van der Waals surface area contributed by atoms with E-state index in [1.807, 2.05) is 25.1 Å². The number of halogens is 2. The largest absolute Gasteiger partial charge is 0.496 e. The lowest BCUT2D eigenvalue weighted by molar-refractivity contribution is 0.0970. The summed E-state index contributed by atoms with van der Waals surface area (Å²) in [4.78, 5) is 17.0. The number of fused-ring (bicyclic) bond motifs is 1. The van der Waals surface area contributed by atoms with E-state index in [-0.39, 0.29) is 11.8 Å². The summed E-state index contributed by atoms with van der Waals surface area (Å²) in [6.07, 6.45) is 4.25. The molecule has 0 spiro atoms. The second kappa shape index (κ2) is 8.68. The van der Waals surface area contributed by atoms with Gasteiger partial charge in [0.05, 0.1) is 22.9 Å². The Morgan fingerprint density at radius 2 is 2.10 bits per heavy atom. The number of thiazole rings is 1. The van der Waals surface area contributed by atoms with Gasteiger partial charge in [-0.2, -0.15) is 0 Å². The van der Waals surface area contributed by atoms with Crippen LogP contribution in [-0.2, 0) is 0 Å². The van der Waals surface area contributed by atoms with Crippen LogP contribution < -0.4 is 10.1 Å². The van der Waals surface area contributed by atoms with Crippen LogP contribution in [0.2, 0.25) is 0 Å². The zero-order valence-electron chi connectivity index (χ0n) is 17.0. The lowest BCUT2D eigenvalue weighted by atomic mass is 9.96. The van der Waals surface area contributed by atoms with E-state index < -0.39 is 11.6 Å². The van der Waals surface area contributed by atoms with E-state index in [1.165, 1.54) is 17.4 Å². The van der Waals surface area contributed by atoms with Gasteiger partial charge in [-0.05, 0) is 50.7 Å². The van der Waals surface area contributed by atoms with E-state index in [1.54, 1.807) is 7.11 Å². The third kappa shape index (κ3) is 4.46. The number of anilines is 1. The SMILES string of the molecule is COc1ccc(C)cc1C(=O)CCC1CC[C@@H](Nc2nc3cc(F)cc(F)c3s2)C1. The molecule has 0 aliphatic heterocycles. The predicted molar refractivity (Wildman–Crippen MR) is 116 cm³/mol. The Labute approximate surface area is 178 Å². The molecule has 0 radical (unpaired) electrons. The molecule has 4 nitrogen and oxygen atoms in total. The molecule has 1 heterocycles. The lowest BCUT2D eigenvalue weighted by Crippen LogP contribution is -2.15. The number of carbonyl (C=O) groups excluding carboxylic acids is 1. The number of carbonyl (C=O) groups is 1. The molecule has 158 valence electrons. The smallest absolute Gasteiger partial charge is 0.184 e. The van der Waals surface area contributed by atoms with Gasteiger partial charge in [-0.1, -0.05) is 23.0 Å². The average molecular weight is 431 g/mol. The van der Waals surface area contributed by atoms with Gasteiger partial charge in [0.25, 0.3) is 0 Å². The van der Waals surface area contributed by atoms with Gasteiger partial charge < -0.3 is 10.1 Å². The van der Waals surface area contributed by atoms with Crippen LogP contribution in [0.15, 0.2) is 30.3 Å². The number of hydrogen-bond acceptors (Lipinski definition) is 5. The Bertz CT molecular complexity index is 1080. The molecule has 3 aromatic rings. The number of benzene rings is 2. The molecule has 1 aliphatic carbocycles. The summed E-state index contributed by atoms with van der Waals surface area (Å²) in [6.45, 7) is 1.96. The highest BCUT2D eigenvalue weighted by Gasteiger charge is 2.26. The maximum absolute atomic E-state index is 13.9. The zero-order chi connectivity index (χ0) is 21.3. The van der Waals surface area contributed by atoms with Crippen molar-refractivity contribution in [2.24, 2.45) is 5.92 Å². The van der Waals surface area contributed by atoms with Crippen molar-refractivity contribution < 1.29 is 18.3 Å². The maximum Gasteiger partial charge on any atom is 0.184 e. The highest BCUT2D eigenvalue weighted by atomic mass is 32.1. The molecule has 1 aliphatic rings. The molecule has 1 saturated carbocycles. The van der Waals surface area contributed by atoms with E-state index in [2.05, 4.69) is 10.3 Å². The standard InChI is InChI=1S/C23H24F2N2O2S/c1-13-3-8-21(29-2)17(9-13)20(28)7-5-14-4-6-16(10-14)26-23-27-19-12-15(24)11-18(25)22(19)30-23/h3,8-9,11-12,14,16H,4-7,10H2,1-2H3,(H,26,27)/t14?,16-/m1/s1. The molecule has 7 heteroatoms. The summed E-state index contributed by atoms with van der Waals surface area (Å²) in [7, 11) is 1.58. The molecular weight excluding hydrogens is 406 g/mol. The number of nitrogens with zero attached hydrogens (tertiary/aromatic N) is 1. The van der Waals surface area contributed by atoms with Crippen molar-refractivity contribution in [3.05, 3.63) is 53.1 Å². The Hall–Kier alpha value is -2.54. The van der Waals surface area contributed by atoms with Crippen LogP contribution in [0.3, 0.4) is 0 Å². The van der Waals surface area contributed by atoms with Crippen LogP contribution in [-0.4, -0.2) is 23.9 Å². The van der Waals surface area contributed by atoms with Gasteiger partial charge in [-0.3, -0.25) is 4.79 Å².